The molecule has 1 aliphatic rings. The lowest BCUT2D eigenvalue weighted by Gasteiger charge is -2.15. The van der Waals surface area contributed by atoms with Crippen molar-refractivity contribution < 1.29 is 18.1 Å². The Labute approximate surface area is 66.8 Å². The quantitative estimate of drug-likeness (QED) is 0.576. The van der Waals surface area contributed by atoms with Crippen LogP contribution in [0.5, 0.6) is 0 Å². The van der Waals surface area contributed by atoms with Crippen molar-refractivity contribution in [2.24, 2.45) is 0 Å². The molecule has 0 aromatic heterocycles. The maximum Gasteiger partial charge on any atom is 0.565 e. The summed E-state index contributed by atoms with van der Waals surface area (Å²) >= 11 is 0. The fraction of sp³-hybridized carbons (Fsp3) is 0.833. The average molecular weight is 176 g/mol. The monoisotopic (exact) mass is 176 g/mol. The van der Waals surface area contributed by atoms with Gasteiger partial charge in [-0.2, -0.15) is 0 Å². The predicted octanol–water partition coefficient (Wildman–Crippen LogP) is 0.553. The summed E-state index contributed by atoms with van der Waals surface area (Å²) in [7, 11) is -2.56. The third-order valence-electron chi connectivity index (χ3n) is 1.42. The van der Waals surface area contributed by atoms with Crippen LogP contribution in [-0.4, -0.2) is 27.5 Å². The van der Waals surface area contributed by atoms with Crippen LogP contribution in [0.1, 0.15) is 13.8 Å². The van der Waals surface area contributed by atoms with Gasteiger partial charge in [-0.15, -0.1) is 0 Å². The summed E-state index contributed by atoms with van der Waals surface area (Å²) in [5.41, 5.74) is 0. The zero-order valence-corrected chi connectivity index (χ0v) is 7.92. The number of rotatable bonds is 2. The van der Waals surface area contributed by atoms with Gasteiger partial charge in [0.15, 0.2) is 0 Å². The van der Waals surface area contributed by atoms with Crippen molar-refractivity contribution in [1.29, 1.82) is 0 Å². The Morgan fingerprint density at radius 1 is 1.73 bits per heavy atom. The van der Waals surface area contributed by atoms with Crippen LogP contribution in [0.2, 0.25) is 6.55 Å². The lowest BCUT2D eigenvalue weighted by molar-refractivity contribution is -0.136. The maximum atomic E-state index is 10.9. The van der Waals surface area contributed by atoms with E-state index in [0.29, 0.717) is 6.61 Å². The second-order valence-electron chi connectivity index (χ2n) is 2.48. The fourth-order valence-electron chi connectivity index (χ4n) is 0.985. The van der Waals surface area contributed by atoms with Crippen molar-refractivity contribution in [2.45, 2.75) is 26.5 Å². The minimum absolute atomic E-state index is 0.312. The maximum absolute atomic E-state index is 10.9. The molecular weight excluding hydrogens is 164 g/mol. The van der Waals surface area contributed by atoms with Crippen LogP contribution in [0.4, 0.5) is 0 Å². The zero-order chi connectivity index (χ0) is 8.48. The molecule has 0 aromatic rings. The topological polar surface area (TPSA) is 44.8 Å². The predicted molar refractivity (Wildman–Crippen MR) is 39.9 cm³/mol. The first-order valence-electron chi connectivity index (χ1n) is 3.62. The molecule has 0 aliphatic carbocycles. The molecule has 4 nitrogen and oxygen atoms in total. The highest BCUT2D eigenvalue weighted by Crippen LogP contribution is 2.20. The zero-order valence-electron chi connectivity index (χ0n) is 6.92. The molecule has 0 bridgehead atoms. The Balaban J connectivity index is 2.56. The lowest BCUT2D eigenvalue weighted by Crippen LogP contribution is -2.37. The van der Waals surface area contributed by atoms with Gasteiger partial charge >= 0.3 is 14.8 Å². The smallest absolute Gasteiger partial charge is 0.472 e. The molecule has 2 atom stereocenters. The van der Waals surface area contributed by atoms with Crippen molar-refractivity contribution in [3.63, 3.8) is 0 Å². The summed E-state index contributed by atoms with van der Waals surface area (Å²) in [6.07, 6.45) is -0.460. The summed E-state index contributed by atoms with van der Waals surface area (Å²) in [5.74, 6) is -0.312. The Hall–Kier alpha value is -0.393. The number of carbonyl (C=O) groups is 1. The third-order valence-corrected chi connectivity index (χ3v) is 3.58. The Morgan fingerprint density at radius 3 is 2.73 bits per heavy atom. The minimum atomic E-state index is -2.56. The summed E-state index contributed by atoms with van der Waals surface area (Å²) in [5, 5.41) is 0. The van der Waals surface area contributed by atoms with Crippen molar-refractivity contribution >= 4 is 14.8 Å². The van der Waals surface area contributed by atoms with Crippen LogP contribution in [0.15, 0.2) is 0 Å². The van der Waals surface area contributed by atoms with Crippen LogP contribution >= 0.6 is 0 Å². The SMILES string of the molecule is CCO[Si]1(C)OC(=O)C(C)O1. The Bertz CT molecular complexity index is 172. The number of hydrogen-bond donors (Lipinski definition) is 0. The van der Waals surface area contributed by atoms with Crippen LogP contribution in [0.25, 0.3) is 0 Å². The van der Waals surface area contributed by atoms with Gasteiger partial charge in [0.25, 0.3) is 0 Å². The second-order valence-corrected chi connectivity index (χ2v) is 4.93. The molecule has 11 heavy (non-hydrogen) atoms. The van der Waals surface area contributed by atoms with Gasteiger partial charge in [-0.3, -0.25) is 4.79 Å². The molecule has 0 spiro atoms. The van der Waals surface area contributed by atoms with Crippen LogP contribution in [-0.2, 0) is 18.1 Å². The van der Waals surface area contributed by atoms with Crippen molar-refractivity contribution in [2.75, 3.05) is 6.61 Å². The van der Waals surface area contributed by atoms with Crippen LogP contribution in [0, 0.1) is 0 Å². The highest BCUT2D eigenvalue weighted by atomic mass is 28.4. The largest absolute Gasteiger partial charge is 0.565 e. The van der Waals surface area contributed by atoms with E-state index in [1.165, 1.54) is 0 Å². The number of carbonyl (C=O) groups excluding carboxylic acids is 1. The van der Waals surface area contributed by atoms with E-state index in [2.05, 4.69) is 0 Å². The minimum Gasteiger partial charge on any atom is -0.472 e. The molecule has 5 heteroatoms. The van der Waals surface area contributed by atoms with Crippen LogP contribution < -0.4 is 0 Å². The van der Waals surface area contributed by atoms with E-state index < -0.39 is 14.9 Å². The van der Waals surface area contributed by atoms with E-state index >= 15 is 0 Å². The third kappa shape index (κ3) is 1.79. The van der Waals surface area contributed by atoms with Crippen molar-refractivity contribution in [3.05, 3.63) is 0 Å². The Kier molecular flexibility index (Phi) is 2.31. The molecule has 1 saturated heterocycles. The average Bonchev–Trinajstić information content (AvgIpc) is 2.08. The van der Waals surface area contributed by atoms with E-state index in [1.807, 2.05) is 6.92 Å². The molecule has 1 heterocycles. The van der Waals surface area contributed by atoms with Gasteiger partial charge in [-0.05, 0) is 13.8 Å². The normalized spacial score (nSPS) is 37.4. The summed E-state index contributed by atoms with van der Waals surface area (Å²) in [4.78, 5) is 10.9. The van der Waals surface area contributed by atoms with Crippen LogP contribution in [0.3, 0.4) is 0 Å². The van der Waals surface area contributed by atoms with Crippen molar-refractivity contribution in [1.82, 2.24) is 0 Å². The molecule has 0 N–H and O–H groups in total. The summed E-state index contributed by atoms with van der Waals surface area (Å²) in [6.45, 7) is 5.75. The molecule has 64 valence electrons. The van der Waals surface area contributed by atoms with E-state index in [1.54, 1.807) is 13.5 Å². The lowest BCUT2D eigenvalue weighted by atomic mass is 10.4. The van der Waals surface area contributed by atoms with Crippen molar-refractivity contribution in [3.8, 4) is 0 Å². The molecule has 0 aromatic carbocycles. The molecule has 0 amide bonds. The first-order chi connectivity index (χ1) is 5.07. The summed E-state index contributed by atoms with van der Waals surface area (Å²) < 4.78 is 15.4. The van der Waals surface area contributed by atoms with E-state index in [9.17, 15) is 4.79 Å². The first kappa shape index (κ1) is 8.70. The van der Waals surface area contributed by atoms with Gasteiger partial charge in [-0.1, -0.05) is 0 Å². The van der Waals surface area contributed by atoms with E-state index in [0.717, 1.165) is 0 Å². The van der Waals surface area contributed by atoms with Gasteiger partial charge in [0.2, 0.25) is 0 Å². The molecular formula is C6H12O4Si. The fourth-order valence-corrected chi connectivity index (χ4v) is 2.95. The molecule has 1 fully saturated rings. The second kappa shape index (κ2) is 2.92. The standard InChI is InChI=1S/C6H12O4Si/c1-4-8-11(3)9-5(2)6(7)10-11/h5H,4H2,1-3H3. The van der Waals surface area contributed by atoms with Gasteiger partial charge in [0, 0.05) is 13.2 Å². The summed E-state index contributed by atoms with van der Waals surface area (Å²) in [6, 6.07) is 0. The molecule has 1 aliphatic heterocycles. The highest BCUT2D eigenvalue weighted by Gasteiger charge is 2.49. The van der Waals surface area contributed by atoms with E-state index in [-0.39, 0.29) is 5.97 Å². The molecule has 1 rings (SSSR count). The van der Waals surface area contributed by atoms with E-state index in [4.69, 9.17) is 13.3 Å². The van der Waals surface area contributed by atoms with Gasteiger partial charge in [0.05, 0.1) is 0 Å². The molecule has 0 saturated carbocycles. The molecule has 0 radical (unpaired) electrons. The first-order valence-corrected chi connectivity index (χ1v) is 5.84. The molecule has 2 unspecified atom stereocenters. The number of hydrogen-bond acceptors (Lipinski definition) is 4. The Morgan fingerprint density at radius 2 is 2.36 bits per heavy atom. The van der Waals surface area contributed by atoms with Gasteiger partial charge in [-0.25, -0.2) is 0 Å². The van der Waals surface area contributed by atoms with Gasteiger partial charge in [0.1, 0.15) is 6.10 Å². The van der Waals surface area contributed by atoms with Gasteiger partial charge < -0.3 is 13.3 Å². The highest BCUT2D eigenvalue weighted by molar-refractivity contribution is 6.62.